The van der Waals surface area contributed by atoms with Crippen molar-refractivity contribution >= 4 is 35.0 Å². The Balaban J connectivity index is 1.51. The van der Waals surface area contributed by atoms with Gasteiger partial charge in [-0.2, -0.15) is 5.10 Å². The van der Waals surface area contributed by atoms with Crippen LogP contribution in [0.1, 0.15) is 41.2 Å². The fourth-order valence-electron chi connectivity index (χ4n) is 4.62. The van der Waals surface area contributed by atoms with Gasteiger partial charge in [-0.1, -0.05) is 11.6 Å². The number of halogens is 2. The highest BCUT2D eigenvalue weighted by molar-refractivity contribution is 6.31. The summed E-state index contributed by atoms with van der Waals surface area (Å²) in [6.45, 7) is 1.44. The number of aromatic nitrogens is 2. The van der Waals surface area contributed by atoms with Gasteiger partial charge < -0.3 is 21.3 Å². The van der Waals surface area contributed by atoms with E-state index < -0.39 is 11.7 Å². The first-order chi connectivity index (χ1) is 14.2. The molecule has 4 rings (SSSR count). The molecule has 0 atom stereocenters. The van der Waals surface area contributed by atoms with Gasteiger partial charge in [-0.05, 0) is 42.9 Å². The van der Waals surface area contributed by atoms with Crippen LogP contribution < -0.4 is 16.4 Å². The van der Waals surface area contributed by atoms with E-state index in [-0.39, 0.29) is 28.2 Å². The average Bonchev–Trinajstić information content (AvgIpc) is 3.25. The zero-order chi connectivity index (χ0) is 21.6. The number of amides is 3. The minimum atomic E-state index is -0.557. The Hall–Kier alpha value is -2.81. The highest BCUT2D eigenvalue weighted by atomic mass is 35.5. The van der Waals surface area contributed by atoms with Crippen LogP contribution in [0.25, 0.3) is 0 Å². The summed E-state index contributed by atoms with van der Waals surface area (Å²) in [5.41, 5.74) is 7.58. The van der Waals surface area contributed by atoms with Gasteiger partial charge >= 0.3 is 6.03 Å². The topological polar surface area (TPSA) is 105 Å². The molecule has 2 aliphatic rings. The normalized spacial score (nSPS) is 22.8. The van der Waals surface area contributed by atoms with Crippen LogP contribution in [0.3, 0.4) is 0 Å². The molecule has 3 amide bonds. The number of nitrogen functional groups attached to an aromatic ring is 1. The molecule has 1 aromatic carbocycles. The van der Waals surface area contributed by atoms with E-state index in [9.17, 15) is 14.0 Å². The van der Waals surface area contributed by atoms with Gasteiger partial charge in [0, 0.05) is 38.8 Å². The molecule has 1 spiro atoms. The van der Waals surface area contributed by atoms with Gasteiger partial charge in [-0.15, -0.1) is 0 Å². The fourth-order valence-corrected chi connectivity index (χ4v) is 4.80. The molecule has 1 aromatic heterocycles. The number of carbonyl (C=O) groups excluding carboxylic acids is 2. The largest absolute Gasteiger partial charge is 0.383 e. The minimum absolute atomic E-state index is 0.0598. The first kappa shape index (κ1) is 20.5. The molecular weight excluding hydrogens is 411 g/mol. The summed E-state index contributed by atoms with van der Waals surface area (Å²) < 4.78 is 14.9. The molecule has 30 heavy (non-hydrogen) atoms. The summed E-state index contributed by atoms with van der Waals surface area (Å²) in [6, 6.07) is 3.93. The summed E-state index contributed by atoms with van der Waals surface area (Å²) in [6.07, 6.45) is 2.63. The van der Waals surface area contributed by atoms with Crippen LogP contribution in [0, 0.1) is 11.2 Å². The van der Waals surface area contributed by atoms with Crippen molar-refractivity contribution in [3.63, 3.8) is 0 Å². The lowest BCUT2D eigenvalue weighted by atomic mass is 9.60. The molecule has 0 radical (unpaired) electrons. The van der Waals surface area contributed by atoms with Gasteiger partial charge in [0.1, 0.15) is 17.2 Å². The number of rotatable bonds is 3. The lowest BCUT2D eigenvalue weighted by Gasteiger charge is -2.44. The van der Waals surface area contributed by atoms with Crippen LogP contribution in [0.5, 0.6) is 0 Å². The maximum absolute atomic E-state index is 13.4. The Morgan fingerprint density at radius 3 is 2.77 bits per heavy atom. The van der Waals surface area contributed by atoms with Crippen LogP contribution in [0.15, 0.2) is 18.2 Å². The molecule has 8 nitrogen and oxygen atoms in total. The van der Waals surface area contributed by atoms with E-state index in [4.69, 9.17) is 17.3 Å². The fraction of sp³-hybridized carbons (Fsp3) is 0.450. The van der Waals surface area contributed by atoms with Crippen LogP contribution in [-0.2, 0) is 7.05 Å². The highest BCUT2D eigenvalue weighted by Crippen LogP contribution is 2.56. The van der Waals surface area contributed by atoms with Crippen molar-refractivity contribution in [3.05, 3.63) is 40.3 Å². The summed E-state index contributed by atoms with van der Waals surface area (Å²) in [5, 5.41) is 9.83. The van der Waals surface area contributed by atoms with Gasteiger partial charge in [0.25, 0.3) is 5.91 Å². The number of nitrogens with one attached hydrogen (secondary N) is 2. The number of nitrogens with zero attached hydrogens (tertiary/aromatic N) is 3. The van der Waals surface area contributed by atoms with Crippen molar-refractivity contribution in [1.82, 2.24) is 20.0 Å². The van der Waals surface area contributed by atoms with Crippen molar-refractivity contribution in [3.8, 4) is 0 Å². The van der Waals surface area contributed by atoms with Crippen LogP contribution in [-0.4, -0.2) is 46.8 Å². The molecule has 1 aliphatic carbocycles. The van der Waals surface area contributed by atoms with Gasteiger partial charge in [0.15, 0.2) is 0 Å². The van der Waals surface area contributed by atoms with E-state index in [0.717, 1.165) is 25.8 Å². The van der Waals surface area contributed by atoms with E-state index in [1.165, 1.54) is 22.9 Å². The van der Waals surface area contributed by atoms with Crippen molar-refractivity contribution in [1.29, 1.82) is 0 Å². The van der Waals surface area contributed by atoms with Gasteiger partial charge in [0.2, 0.25) is 0 Å². The molecule has 2 aromatic rings. The van der Waals surface area contributed by atoms with E-state index in [0.29, 0.717) is 23.5 Å². The molecule has 10 heteroatoms. The van der Waals surface area contributed by atoms with E-state index in [1.807, 2.05) is 4.90 Å². The standard InChI is InChI=1S/C20H24ClFN6O2/c1-24-19(30)28-6-5-20(10-28)8-11(9-20)16-15(17(23)27(2)26-16)18(29)25-12-3-4-14(22)13(21)7-12/h3-4,7,11H,5-6,8-10,23H2,1-2H3,(H,24,30)(H,25,29). The third-order valence-corrected chi connectivity index (χ3v) is 6.50. The molecule has 1 aliphatic heterocycles. The number of anilines is 2. The number of urea groups is 1. The highest BCUT2D eigenvalue weighted by Gasteiger charge is 2.51. The third-order valence-electron chi connectivity index (χ3n) is 6.21. The molecule has 1 saturated heterocycles. The zero-order valence-electron chi connectivity index (χ0n) is 16.8. The van der Waals surface area contributed by atoms with Crippen molar-refractivity contribution in [2.24, 2.45) is 12.5 Å². The average molecular weight is 435 g/mol. The number of aryl methyl sites for hydroxylation is 1. The maximum Gasteiger partial charge on any atom is 0.317 e. The SMILES string of the molecule is CNC(=O)N1CCC2(CC(c3nn(C)c(N)c3C(=O)Nc3ccc(F)c(Cl)c3)C2)C1. The van der Waals surface area contributed by atoms with E-state index >= 15 is 0 Å². The van der Waals surface area contributed by atoms with Gasteiger partial charge in [0.05, 0.1) is 10.7 Å². The number of hydrogen-bond acceptors (Lipinski definition) is 4. The minimum Gasteiger partial charge on any atom is -0.383 e. The van der Waals surface area contributed by atoms with E-state index in [1.54, 1.807) is 14.1 Å². The number of likely N-dealkylation sites (tertiary alicyclic amines) is 1. The third kappa shape index (κ3) is 3.47. The quantitative estimate of drug-likeness (QED) is 0.690. The van der Waals surface area contributed by atoms with Gasteiger partial charge in [-0.25, -0.2) is 9.18 Å². The molecule has 160 valence electrons. The molecule has 2 fully saturated rings. The van der Waals surface area contributed by atoms with Gasteiger partial charge in [-0.3, -0.25) is 9.48 Å². The second-order valence-corrected chi connectivity index (χ2v) is 8.59. The molecule has 0 unspecified atom stereocenters. The Morgan fingerprint density at radius 2 is 2.10 bits per heavy atom. The second-order valence-electron chi connectivity index (χ2n) is 8.18. The Labute approximate surface area is 178 Å². The molecule has 1 saturated carbocycles. The van der Waals surface area contributed by atoms with Crippen LogP contribution in [0.2, 0.25) is 5.02 Å². The first-order valence-electron chi connectivity index (χ1n) is 9.78. The summed E-state index contributed by atoms with van der Waals surface area (Å²) in [5.74, 6) is -0.596. The summed E-state index contributed by atoms with van der Waals surface area (Å²) in [7, 11) is 3.33. The lowest BCUT2D eigenvalue weighted by Crippen LogP contribution is -2.42. The lowest BCUT2D eigenvalue weighted by molar-refractivity contribution is 0.0995. The molecule has 4 N–H and O–H groups in total. The van der Waals surface area contributed by atoms with Crippen molar-refractivity contribution in [2.45, 2.75) is 25.2 Å². The Bertz CT molecular complexity index is 1020. The van der Waals surface area contributed by atoms with E-state index in [2.05, 4.69) is 15.7 Å². The monoisotopic (exact) mass is 434 g/mol. The Morgan fingerprint density at radius 1 is 1.37 bits per heavy atom. The smallest absolute Gasteiger partial charge is 0.317 e. The van der Waals surface area contributed by atoms with Crippen LogP contribution >= 0.6 is 11.6 Å². The second kappa shape index (κ2) is 7.46. The summed E-state index contributed by atoms with van der Waals surface area (Å²) >= 11 is 5.81. The predicted molar refractivity (Wildman–Crippen MR) is 112 cm³/mol. The summed E-state index contributed by atoms with van der Waals surface area (Å²) in [4.78, 5) is 26.7. The molecule has 2 heterocycles. The number of carbonyl (C=O) groups is 2. The first-order valence-corrected chi connectivity index (χ1v) is 10.2. The number of benzene rings is 1. The predicted octanol–water partition coefficient (Wildman–Crippen LogP) is 2.96. The Kier molecular flexibility index (Phi) is 5.09. The van der Waals surface area contributed by atoms with Crippen molar-refractivity contribution < 1.29 is 14.0 Å². The van der Waals surface area contributed by atoms with Crippen molar-refractivity contribution in [2.75, 3.05) is 31.2 Å². The molecule has 0 bridgehead atoms. The zero-order valence-corrected chi connectivity index (χ0v) is 17.6. The van der Waals surface area contributed by atoms with Crippen LogP contribution in [0.4, 0.5) is 20.7 Å². The molecular formula is C20H24ClFN6O2. The maximum atomic E-state index is 13.4. The number of nitrogens with two attached hydrogens (primary N) is 1. The number of hydrogen-bond donors (Lipinski definition) is 3.